The summed E-state index contributed by atoms with van der Waals surface area (Å²) in [5, 5.41) is 0.461. The van der Waals surface area contributed by atoms with Gasteiger partial charge in [-0.3, -0.25) is 0 Å². The molecule has 2 N–H and O–H groups in total. The number of benzene rings is 1. The molecule has 1 nitrogen and oxygen atoms in total. The third-order valence-corrected chi connectivity index (χ3v) is 4.60. The summed E-state index contributed by atoms with van der Waals surface area (Å²) in [7, 11) is 0. The van der Waals surface area contributed by atoms with Crippen LogP contribution >= 0.6 is 11.6 Å². The lowest BCUT2D eigenvalue weighted by Crippen LogP contribution is -2.30. The normalized spacial score (nSPS) is 26.0. The third kappa shape index (κ3) is 2.86. The molecule has 1 aromatic rings. The highest BCUT2D eigenvalue weighted by Gasteiger charge is 2.30. The van der Waals surface area contributed by atoms with Gasteiger partial charge in [0.2, 0.25) is 0 Å². The van der Waals surface area contributed by atoms with E-state index >= 15 is 0 Å². The Morgan fingerprint density at radius 3 is 2.78 bits per heavy atom. The molecule has 0 saturated heterocycles. The molecule has 1 aliphatic carbocycles. The van der Waals surface area contributed by atoms with Gasteiger partial charge in [-0.25, -0.2) is 4.39 Å². The second-order valence-corrected chi connectivity index (χ2v) is 5.72. The van der Waals surface area contributed by atoms with Gasteiger partial charge in [0.25, 0.3) is 0 Å². The first-order valence-electron chi connectivity index (χ1n) is 6.84. The lowest BCUT2D eigenvalue weighted by Gasteiger charge is -2.35. The Kier molecular flexibility index (Phi) is 4.63. The van der Waals surface area contributed by atoms with Crippen LogP contribution in [0.5, 0.6) is 0 Å². The molecule has 0 radical (unpaired) electrons. The van der Waals surface area contributed by atoms with Gasteiger partial charge < -0.3 is 5.73 Å². The van der Waals surface area contributed by atoms with E-state index in [1.807, 2.05) is 0 Å². The second kappa shape index (κ2) is 6.03. The quantitative estimate of drug-likeness (QED) is 0.846. The summed E-state index contributed by atoms with van der Waals surface area (Å²) >= 11 is 6.11. The fraction of sp³-hybridized carbons (Fsp3) is 0.600. The van der Waals surface area contributed by atoms with E-state index in [9.17, 15) is 4.39 Å². The van der Waals surface area contributed by atoms with E-state index in [1.165, 1.54) is 31.4 Å². The highest BCUT2D eigenvalue weighted by atomic mass is 35.5. The van der Waals surface area contributed by atoms with Crippen LogP contribution in [-0.2, 0) is 0 Å². The zero-order valence-electron chi connectivity index (χ0n) is 10.8. The zero-order chi connectivity index (χ0) is 13.1. The molecule has 1 aliphatic rings. The predicted molar refractivity (Wildman–Crippen MR) is 74.1 cm³/mol. The average molecular weight is 270 g/mol. The van der Waals surface area contributed by atoms with Crippen LogP contribution in [0.1, 0.15) is 50.6 Å². The molecule has 3 atom stereocenters. The fourth-order valence-electron chi connectivity index (χ4n) is 3.22. The molecule has 0 aromatic heterocycles. The molecular formula is C15H21ClFN. The van der Waals surface area contributed by atoms with Gasteiger partial charge >= 0.3 is 0 Å². The van der Waals surface area contributed by atoms with Crippen molar-refractivity contribution in [1.29, 1.82) is 0 Å². The molecule has 18 heavy (non-hydrogen) atoms. The van der Waals surface area contributed by atoms with E-state index in [4.69, 9.17) is 17.3 Å². The molecule has 3 heteroatoms. The Hall–Kier alpha value is -0.600. The van der Waals surface area contributed by atoms with E-state index < -0.39 is 0 Å². The highest BCUT2D eigenvalue weighted by Crippen LogP contribution is 2.40. The summed E-state index contributed by atoms with van der Waals surface area (Å²) in [6, 6.07) is 4.48. The van der Waals surface area contributed by atoms with Gasteiger partial charge in [-0.1, -0.05) is 50.3 Å². The van der Waals surface area contributed by atoms with Crippen LogP contribution in [0.3, 0.4) is 0 Å². The van der Waals surface area contributed by atoms with Crippen molar-refractivity contribution in [2.45, 2.75) is 45.1 Å². The monoisotopic (exact) mass is 269 g/mol. The molecule has 0 heterocycles. The maximum Gasteiger partial charge on any atom is 0.124 e. The van der Waals surface area contributed by atoms with Crippen LogP contribution in [0.15, 0.2) is 18.2 Å². The Labute approximate surface area is 114 Å². The summed E-state index contributed by atoms with van der Waals surface area (Å²) in [6.07, 6.45) is 6.13. The lowest BCUT2D eigenvalue weighted by molar-refractivity contribution is 0.196. The van der Waals surface area contributed by atoms with E-state index in [2.05, 4.69) is 6.92 Å². The van der Waals surface area contributed by atoms with Gasteiger partial charge in [-0.15, -0.1) is 0 Å². The first-order valence-corrected chi connectivity index (χ1v) is 7.21. The van der Waals surface area contributed by atoms with Gasteiger partial charge in [-0.2, -0.15) is 0 Å². The highest BCUT2D eigenvalue weighted by molar-refractivity contribution is 6.31. The molecule has 0 bridgehead atoms. The van der Waals surface area contributed by atoms with Crippen LogP contribution in [0.4, 0.5) is 4.39 Å². The predicted octanol–water partition coefficient (Wildman–Crippen LogP) is 4.70. The largest absolute Gasteiger partial charge is 0.324 e. The van der Waals surface area contributed by atoms with Crippen molar-refractivity contribution in [3.63, 3.8) is 0 Å². The van der Waals surface area contributed by atoms with Crippen molar-refractivity contribution >= 4 is 11.6 Å². The summed E-state index contributed by atoms with van der Waals surface area (Å²) in [6.45, 7) is 2.22. The number of hydrogen-bond donors (Lipinski definition) is 1. The van der Waals surface area contributed by atoms with E-state index in [-0.39, 0.29) is 11.9 Å². The van der Waals surface area contributed by atoms with Crippen molar-refractivity contribution < 1.29 is 4.39 Å². The number of halogens is 2. The summed E-state index contributed by atoms with van der Waals surface area (Å²) in [4.78, 5) is 0. The molecule has 0 amide bonds. The second-order valence-electron chi connectivity index (χ2n) is 5.31. The molecule has 1 aromatic carbocycles. The molecule has 1 saturated carbocycles. The van der Waals surface area contributed by atoms with Crippen molar-refractivity contribution in [3.05, 3.63) is 34.6 Å². The molecule has 1 fully saturated rings. The van der Waals surface area contributed by atoms with Crippen molar-refractivity contribution in [2.75, 3.05) is 0 Å². The maximum atomic E-state index is 13.1. The van der Waals surface area contributed by atoms with E-state index in [0.717, 1.165) is 18.4 Å². The number of hydrogen-bond acceptors (Lipinski definition) is 1. The van der Waals surface area contributed by atoms with Crippen LogP contribution in [0, 0.1) is 17.7 Å². The Morgan fingerprint density at radius 1 is 1.39 bits per heavy atom. The minimum absolute atomic E-state index is 0.0663. The standard InChI is InChI=1S/C15H21ClFN/c1-2-10-5-3-4-6-12(10)15(18)13-8-7-11(17)9-14(13)16/h7-10,12,15H,2-6,18H2,1H3. The van der Waals surface area contributed by atoms with Crippen molar-refractivity contribution in [2.24, 2.45) is 17.6 Å². The summed E-state index contributed by atoms with van der Waals surface area (Å²) in [5.41, 5.74) is 7.27. The van der Waals surface area contributed by atoms with Gasteiger partial charge in [-0.05, 0) is 36.0 Å². The Bertz CT molecular complexity index is 407. The average Bonchev–Trinajstić information content (AvgIpc) is 2.38. The topological polar surface area (TPSA) is 26.0 Å². The van der Waals surface area contributed by atoms with Crippen LogP contribution in [0.2, 0.25) is 5.02 Å². The molecule has 0 spiro atoms. The number of rotatable bonds is 3. The third-order valence-electron chi connectivity index (χ3n) is 4.28. The minimum Gasteiger partial charge on any atom is -0.324 e. The smallest absolute Gasteiger partial charge is 0.124 e. The summed E-state index contributed by atoms with van der Waals surface area (Å²) < 4.78 is 13.1. The Balaban J connectivity index is 2.20. The molecular weight excluding hydrogens is 249 g/mol. The molecule has 0 aliphatic heterocycles. The maximum absolute atomic E-state index is 13.1. The SMILES string of the molecule is CCC1CCCCC1C(N)c1ccc(F)cc1Cl. The fourth-order valence-corrected chi connectivity index (χ4v) is 3.51. The van der Waals surface area contributed by atoms with Gasteiger partial charge in [0.15, 0.2) is 0 Å². The summed E-state index contributed by atoms with van der Waals surface area (Å²) in [5.74, 6) is 0.855. The minimum atomic E-state index is -0.299. The van der Waals surface area contributed by atoms with E-state index in [1.54, 1.807) is 6.07 Å². The van der Waals surface area contributed by atoms with Gasteiger partial charge in [0, 0.05) is 11.1 Å². The van der Waals surface area contributed by atoms with Crippen LogP contribution in [0.25, 0.3) is 0 Å². The Morgan fingerprint density at radius 2 is 2.11 bits per heavy atom. The zero-order valence-corrected chi connectivity index (χ0v) is 11.6. The first-order chi connectivity index (χ1) is 8.63. The molecule has 100 valence electrons. The lowest BCUT2D eigenvalue weighted by atomic mass is 9.72. The van der Waals surface area contributed by atoms with Crippen molar-refractivity contribution in [3.8, 4) is 0 Å². The van der Waals surface area contributed by atoms with Gasteiger partial charge in [0.05, 0.1) is 0 Å². The molecule has 3 unspecified atom stereocenters. The van der Waals surface area contributed by atoms with Crippen LogP contribution in [-0.4, -0.2) is 0 Å². The van der Waals surface area contributed by atoms with Crippen molar-refractivity contribution in [1.82, 2.24) is 0 Å². The van der Waals surface area contributed by atoms with Gasteiger partial charge in [0.1, 0.15) is 5.82 Å². The van der Waals surface area contributed by atoms with E-state index in [0.29, 0.717) is 16.9 Å². The number of nitrogens with two attached hydrogens (primary N) is 1. The van der Waals surface area contributed by atoms with Crippen LogP contribution < -0.4 is 5.73 Å². The molecule has 2 rings (SSSR count). The first kappa shape index (κ1) is 13.8.